The summed E-state index contributed by atoms with van der Waals surface area (Å²) in [7, 11) is 0. The van der Waals surface area contributed by atoms with E-state index >= 15 is 0 Å². The highest BCUT2D eigenvalue weighted by Gasteiger charge is 2.60. The van der Waals surface area contributed by atoms with E-state index in [0.29, 0.717) is 6.54 Å². The number of imide groups is 1. The van der Waals surface area contributed by atoms with E-state index in [1.165, 1.54) is 4.90 Å². The largest absolute Gasteiger partial charge is 0.365 e. The Morgan fingerprint density at radius 2 is 1.81 bits per heavy atom. The molecule has 3 heterocycles. The molecule has 5 heteroatoms. The number of ether oxygens (including phenoxy) is 1. The molecule has 0 aromatic rings. The lowest BCUT2D eigenvalue weighted by Gasteiger charge is -2.19. The van der Waals surface area contributed by atoms with Gasteiger partial charge in [-0.3, -0.25) is 14.5 Å². The van der Waals surface area contributed by atoms with Gasteiger partial charge in [0, 0.05) is 12.6 Å². The van der Waals surface area contributed by atoms with Crippen LogP contribution in [0.1, 0.15) is 6.92 Å². The summed E-state index contributed by atoms with van der Waals surface area (Å²) in [5, 5.41) is 0. The van der Waals surface area contributed by atoms with Crippen molar-refractivity contribution >= 4 is 11.8 Å². The number of carbonyl (C=O) groups excluding carboxylic acids is 2. The molecular formula is C11H14N2O3. The van der Waals surface area contributed by atoms with Crippen LogP contribution in [0.4, 0.5) is 0 Å². The van der Waals surface area contributed by atoms with Crippen LogP contribution in [0.2, 0.25) is 0 Å². The standard InChI is InChI=1S/C11H14N2O3/c1-5(12)4-13-10(14)8-6-2-3-7(16-6)9(8)11(13)15/h2-3,5-9H,4,12H2,1H3. The monoisotopic (exact) mass is 222 g/mol. The summed E-state index contributed by atoms with van der Waals surface area (Å²) in [6.07, 6.45) is 3.35. The van der Waals surface area contributed by atoms with Crippen LogP contribution in [0.3, 0.4) is 0 Å². The lowest BCUT2D eigenvalue weighted by atomic mass is 9.85. The highest BCUT2D eigenvalue weighted by atomic mass is 16.5. The van der Waals surface area contributed by atoms with Crippen LogP contribution < -0.4 is 5.73 Å². The summed E-state index contributed by atoms with van der Waals surface area (Å²) in [6.45, 7) is 2.10. The zero-order valence-corrected chi connectivity index (χ0v) is 9.00. The van der Waals surface area contributed by atoms with Gasteiger partial charge in [0.15, 0.2) is 0 Å². The normalized spacial score (nSPS) is 42.0. The van der Waals surface area contributed by atoms with E-state index in [0.717, 1.165) is 0 Å². The fraction of sp³-hybridized carbons (Fsp3) is 0.636. The third-order valence-electron chi connectivity index (χ3n) is 3.47. The number of nitrogens with zero attached hydrogens (tertiary/aromatic N) is 1. The van der Waals surface area contributed by atoms with E-state index in [9.17, 15) is 9.59 Å². The van der Waals surface area contributed by atoms with Crippen LogP contribution in [-0.2, 0) is 14.3 Å². The maximum Gasteiger partial charge on any atom is 0.236 e. The summed E-state index contributed by atoms with van der Waals surface area (Å²) in [6, 6.07) is -0.182. The number of carbonyl (C=O) groups is 2. The first-order valence-corrected chi connectivity index (χ1v) is 5.54. The van der Waals surface area contributed by atoms with Crippen molar-refractivity contribution in [2.24, 2.45) is 17.6 Å². The van der Waals surface area contributed by atoms with Gasteiger partial charge in [-0.15, -0.1) is 0 Å². The van der Waals surface area contributed by atoms with E-state index in [1.54, 1.807) is 6.92 Å². The Hall–Kier alpha value is -1.20. The summed E-state index contributed by atoms with van der Waals surface area (Å²) < 4.78 is 5.52. The Kier molecular flexibility index (Phi) is 1.96. The van der Waals surface area contributed by atoms with Gasteiger partial charge in [0.25, 0.3) is 0 Å². The molecule has 0 spiro atoms. The fourth-order valence-corrected chi connectivity index (χ4v) is 2.83. The van der Waals surface area contributed by atoms with Gasteiger partial charge in [-0.2, -0.15) is 0 Å². The molecule has 2 amide bonds. The Labute approximate surface area is 93.2 Å². The average molecular weight is 222 g/mol. The van der Waals surface area contributed by atoms with Crippen LogP contribution in [0, 0.1) is 11.8 Å². The summed E-state index contributed by atoms with van der Waals surface area (Å²) in [4.78, 5) is 25.4. The summed E-state index contributed by atoms with van der Waals surface area (Å²) >= 11 is 0. The molecule has 0 aliphatic carbocycles. The first kappa shape index (κ1) is 9.99. The lowest BCUT2D eigenvalue weighted by molar-refractivity contribution is -0.142. The molecule has 3 rings (SSSR count). The quantitative estimate of drug-likeness (QED) is 0.494. The molecule has 0 saturated carbocycles. The highest BCUT2D eigenvalue weighted by molar-refractivity contribution is 6.06. The molecule has 86 valence electrons. The number of hydrogen-bond donors (Lipinski definition) is 1. The SMILES string of the molecule is CC(N)CN1C(=O)C2C3C=CC(O3)C2C1=O. The van der Waals surface area contributed by atoms with E-state index in [-0.39, 0.29) is 41.9 Å². The third kappa shape index (κ3) is 1.13. The van der Waals surface area contributed by atoms with E-state index in [1.807, 2.05) is 12.2 Å². The van der Waals surface area contributed by atoms with Crippen LogP contribution in [0.5, 0.6) is 0 Å². The second-order valence-electron chi connectivity index (χ2n) is 4.77. The second-order valence-corrected chi connectivity index (χ2v) is 4.77. The van der Waals surface area contributed by atoms with Gasteiger partial charge in [-0.25, -0.2) is 0 Å². The zero-order valence-electron chi connectivity index (χ0n) is 9.00. The fourth-order valence-electron chi connectivity index (χ4n) is 2.83. The first-order valence-electron chi connectivity index (χ1n) is 5.54. The lowest BCUT2D eigenvalue weighted by Crippen LogP contribution is -2.41. The minimum absolute atomic E-state index is 0.121. The molecule has 2 bridgehead atoms. The molecule has 0 aromatic heterocycles. The summed E-state index contributed by atoms with van der Waals surface area (Å²) in [5.41, 5.74) is 5.64. The van der Waals surface area contributed by atoms with Gasteiger partial charge in [0.05, 0.1) is 24.0 Å². The van der Waals surface area contributed by atoms with Gasteiger partial charge < -0.3 is 10.5 Å². The maximum atomic E-state index is 12.1. The van der Waals surface area contributed by atoms with Crippen LogP contribution >= 0.6 is 0 Å². The molecule has 3 aliphatic heterocycles. The average Bonchev–Trinajstić information content (AvgIpc) is 2.87. The smallest absolute Gasteiger partial charge is 0.236 e. The van der Waals surface area contributed by atoms with E-state index in [4.69, 9.17) is 10.5 Å². The number of nitrogens with two attached hydrogens (primary N) is 1. The van der Waals surface area contributed by atoms with Gasteiger partial charge in [-0.05, 0) is 6.92 Å². The zero-order chi connectivity index (χ0) is 11.4. The van der Waals surface area contributed by atoms with Crippen molar-refractivity contribution in [3.8, 4) is 0 Å². The summed E-state index contributed by atoms with van der Waals surface area (Å²) in [5.74, 6) is -0.851. The first-order chi connectivity index (χ1) is 7.59. The van der Waals surface area contributed by atoms with Crippen molar-refractivity contribution in [1.82, 2.24) is 4.90 Å². The third-order valence-corrected chi connectivity index (χ3v) is 3.47. The van der Waals surface area contributed by atoms with Gasteiger partial charge in [0.1, 0.15) is 0 Å². The van der Waals surface area contributed by atoms with Crippen LogP contribution in [-0.4, -0.2) is 41.5 Å². The van der Waals surface area contributed by atoms with Crippen molar-refractivity contribution in [2.75, 3.05) is 6.54 Å². The molecule has 5 atom stereocenters. The Balaban J connectivity index is 1.89. The number of hydrogen-bond acceptors (Lipinski definition) is 4. The predicted octanol–water partition coefficient (Wildman–Crippen LogP) is -0.728. The minimum atomic E-state index is -0.304. The van der Waals surface area contributed by atoms with Crippen molar-refractivity contribution in [2.45, 2.75) is 25.2 Å². The van der Waals surface area contributed by atoms with Gasteiger partial charge in [0.2, 0.25) is 11.8 Å². The van der Waals surface area contributed by atoms with Crippen LogP contribution in [0.25, 0.3) is 0 Å². The van der Waals surface area contributed by atoms with Crippen molar-refractivity contribution < 1.29 is 14.3 Å². The number of likely N-dealkylation sites (tertiary alicyclic amines) is 1. The molecule has 2 N–H and O–H groups in total. The van der Waals surface area contributed by atoms with Crippen LogP contribution in [0.15, 0.2) is 12.2 Å². The molecule has 2 saturated heterocycles. The van der Waals surface area contributed by atoms with Crippen molar-refractivity contribution in [3.63, 3.8) is 0 Å². The Morgan fingerprint density at radius 1 is 1.31 bits per heavy atom. The van der Waals surface area contributed by atoms with Crippen molar-refractivity contribution in [1.29, 1.82) is 0 Å². The topological polar surface area (TPSA) is 72.6 Å². The molecule has 2 fully saturated rings. The van der Waals surface area contributed by atoms with E-state index in [2.05, 4.69) is 0 Å². The highest BCUT2D eigenvalue weighted by Crippen LogP contribution is 2.44. The second kappa shape index (κ2) is 3.15. The number of amides is 2. The van der Waals surface area contributed by atoms with Gasteiger partial charge >= 0.3 is 0 Å². The number of fused-ring (bicyclic) bond motifs is 5. The predicted molar refractivity (Wildman–Crippen MR) is 55.2 cm³/mol. The minimum Gasteiger partial charge on any atom is -0.365 e. The molecule has 5 nitrogen and oxygen atoms in total. The van der Waals surface area contributed by atoms with E-state index < -0.39 is 0 Å². The molecule has 16 heavy (non-hydrogen) atoms. The Morgan fingerprint density at radius 3 is 2.25 bits per heavy atom. The molecule has 3 aliphatic rings. The van der Waals surface area contributed by atoms with Crippen molar-refractivity contribution in [3.05, 3.63) is 12.2 Å². The van der Waals surface area contributed by atoms with Gasteiger partial charge in [-0.1, -0.05) is 12.2 Å². The molecule has 0 radical (unpaired) electrons. The molecule has 5 unspecified atom stereocenters. The maximum absolute atomic E-state index is 12.1. The molecule has 0 aromatic carbocycles. The molecular weight excluding hydrogens is 208 g/mol. The Bertz CT molecular complexity index is 361. The number of rotatable bonds is 2.